The second-order valence-corrected chi connectivity index (χ2v) is 5.04. The van der Waals surface area contributed by atoms with Crippen LogP contribution in [0.5, 0.6) is 0 Å². The fraction of sp³-hybridized carbons (Fsp3) is 0. The zero-order valence-electron chi connectivity index (χ0n) is 8.00. The lowest BCUT2D eigenvalue weighted by molar-refractivity contribution is 0.637. The van der Waals surface area contributed by atoms with E-state index in [1.165, 1.54) is 17.4 Å². The lowest BCUT2D eigenvalue weighted by Crippen LogP contribution is -1.75. The quantitative estimate of drug-likeness (QED) is 0.694. The van der Waals surface area contributed by atoms with E-state index < -0.39 is 0 Å². The van der Waals surface area contributed by atoms with Gasteiger partial charge in [0, 0.05) is 0 Å². The van der Waals surface area contributed by atoms with Crippen LogP contribution in [-0.4, -0.2) is 9.97 Å². The first kappa shape index (κ1) is 9.81. The van der Waals surface area contributed by atoms with Crippen LogP contribution in [0.25, 0.3) is 21.7 Å². The van der Waals surface area contributed by atoms with Gasteiger partial charge >= 0.3 is 0 Å². The molecule has 16 heavy (non-hydrogen) atoms. The Labute approximate surface area is 99.7 Å². The van der Waals surface area contributed by atoms with Crippen molar-refractivity contribution in [1.82, 2.24) is 9.97 Å². The monoisotopic (exact) mass is 252 g/mol. The Hall–Kier alpha value is -1.39. The van der Waals surface area contributed by atoms with E-state index in [9.17, 15) is 4.39 Å². The van der Waals surface area contributed by atoms with Gasteiger partial charge in [0.05, 0.1) is 14.7 Å². The van der Waals surface area contributed by atoms with E-state index in [4.69, 9.17) is 11.6 Å². The molecule has 2 aromatic heterocycles. The number of halogens is 2. The van der Waals surface area contributed by atoms with Crippen molar-refractivity contribution in [3.63, 3.8) is 0 Å². The van der Waals surface area contributed by atoms with Gasteiger partial charge in [-0.3, -0.25) is 0 Å². The normalized spacial score (nSPS) is 11.1. The molecule has 2 heterocycles. The fourth-order valence-electron chi connectivity index (χ4n) is 1.56. The predicted molar refractivity (Wildman–Crippen MR) is 64.4 cm³/mol. The minimum Gasteiger partial charge on any atom is -0.337 e. The highest BCUT2D eigenvalue weighted by molar-refractivity contribution is 7.19. The number of hydrogen-bond donors (Lipinski definition) is 1. The van der Waals surface area contributed by atoms with Gasteiger partial charge in [0.1, 0.15) is 11.3 Å². The van der Waals surface area contributed by atoms with Crippen molar-refractivity contribution in [2.75, 3.05) is 0 Å². The Balaban J connectivity index is 2.22. The molecule has 0 spiro atoms. The highest BCUT2D eigenvalue weighted by atomic mass is 35.5. The van der Waals surface area contributed by atoms with Gasteiger partial charge in [-0.25, -0.2) is 9.37 Å². The molecule has 0 fully saturated rings. The van der Waals surface area contributed by atoms with Gasteiger partial charge in [0.2, 0.25) is 0 Å². The molecule has 3 aromatic rings. The molecular formula is C11H6ClFN2S. The largest absolute Gasteiger partial charge is 0.337 e. The van der Waals surface area contributed by atoms with Crippen LogP contribution >= 0.6 is 22.9 Å². The molecule has 0 bridgehead atoms. The second kappa shape index (κ2) is 3.57. The molecule has 1 N–H and O–H groups in total. The first-order valence-corrected chi connectivity index (χ1v) is 5.83. The molecule has 0 radical (unpaired) electrons. The fourth-order valence-corrected chi connectivity index (χ4v) is 2.54. The molecule has 0 unspecified atom stereocenters. The summed E-state index contributed by atoms with van der Waals surface area (Å²) >= 11 is 7.25. The van der Waals surface area contributed by atoms with Crippen LogP contribution < -0.4 is 0 Å². The number of para-hydroxylation sites is 1. The lowest BCUT2D eigenvalue weighted by Gasteiger charge is -1.86. The summed E-state index contributed by atoms with van der Waals surface area (Å²) in [6, 6.07) is 8.51. The van der Waals surface area contributed by atoms with Crippen molar-refractivity contribution in [3.05, 3.63) is 40.5 Å². The van der Waals surface area contributed by atoms with Crippen molar-refractivity contribution in [3.8, 4) is 10.7 Å². The van der Waals surface area contributed by atoms with Crippen molar-refractivity contribution < 1.29 is 4.39 Å². The van der Waals surface area contributed by atoms with Crippen LogP contribution in [0, 0.1) is 5.82 Å². The maximum absolute atomic E-state index is 13.4. The van der Waals surface area contributed by atoms with Gasteiger partial charge in [-0.05, 0) is 24.3 Å². The molecule has 0 saturated heterocycles. The zero-order valence-corrected chi connectivity index (χ0v) is 9.57. The second-order valence-electron chi connectivity index (χ2n) is 3.33. The number of rotatable bonds is 1. The van der Waals surface area contributed by atoms with Crippen LogP contribution in [0.2, 0.25) is 4.34 Å². The zero-order chi connectivity index (χ0) is 11.1. The van der Waals surface area contributed by atoms with E-state index in [2.05, 4.69) is 9.97 Å². The molecule has 0 aliphatic heterocycles. The molecule has 1 aromatic carbocycles. The molecule has 0 aliphatic rings. The number of H-pyrrole nitrogens is 1. The number of thiophene rings is 1. The van der Waals surface area contributed by atoms with Gasteiger partial charge < -0.3 is 4.98 Å². The minimum absolute atomic E-state index is 0.317. The highest BCUT2D eigenvalue weighted by Crippen LogP contribution is 2.30. The number of benzene rings is 1. The smallest absolute Gasteiger partial charge is 0.151 e. The Morgan fingerprint density at radius 2 is 2.12 bits per heavy atom. The number of hydrogen-bond acceptors (Lipinski definition) is 2. The van der Waals surface area contributed by atoms with Crippen molar-refractivity contribution >= 4 is 34.0 Å². The summed E-state index contributed by atoms with van der Waals surface area (Å²) in [5.41, 5.74) is 1.06. The molecular weight excluding hydrogens is 247 g/mol. The summed E-state index contributed by atoms with van der Waals surface area (Å²) < 4.78 is 14.1. The summed E-state index contributed by atoms with van der Waals surface area (Å²) in [6.07, 6.45) is 0. The topological polar surface area (TPSA) is 28.7 Å². The van der Waals surface area contributed by atoms with Gasteiger partial charge in [-0.1, -0.05) is 17.7 Å². The van der Waals surface area contributed by atoms with E-state index in [0.717, 1.165) is 4.88 Å². The first-order valence-electron chi connectivity index (χ1n) is 4.64. The molecule has 80 valence electrons. The average Bonchev–Trinajstić information content (AvgIpc) is 2.84. The minimum atomic E-state index is -0.317. The van der Waals surface area contributed by atoms with Crippen LogP contribution in [0.15, 0.2) is 30.3 Å². The molecule has 0 amide bonds. The average molecular weight is 253 g/mol. The summed E-state index contributed by atoms with van der Waals surface area (Å²) in [5.74, 6) is 0.333. The summed E-state index contributed by atoms with van der Waals surface area (Å²) in [7, 11) is 0. The molecule has 0 aliphatic carbocycles. The summed E-state index contributed by atoms with van der Waals surface area (Å²) in [5, 5.41) is 0. The number of nitrogens with zero attached hydrogens (tertiary/aromatic N) is 1. The molecule has 5 heteroatoms. The van der Waals surface area contributed by atoms with Crippen molar-refractivity contribution in [2.45, 2.75) is 0 Å². The highest BCUT2D eigenvalue weighted by Gasteiger charge is 2.09. The SMILES string of the molecule is Fc1cccc2[nH]c(-c3ccc(Cl)s3)nc12. The van der Waals surface area contributed by atoms with Crippen LogP contribution in [0.3, 0.4) is 0 Å². The third-order valence-electron chi connectivity index (χ3n) is 2.27. The third kappa shape index (κ3) is 1.50. The van der Waals surface area contributed by atoms with Crippen LogP contribution in [0.1, 0.15) is 0 Å². The maximum atomic E-state index is 13.4. The van der Waals surface area contributed by atoms with Crippen molar-refractivity contribution in [1.29, 1.82) is 0 Å². The number of aromatic nitrogens is 2. The Bertz CT molecular complexity index is 659. The van der Waals surface area contributed by atoms with E-state index in [0.29, 0.717) is 21.2 Å². The molecule has 0 saturated carbocycles. The van der Waals surface area contributed by atoms with E-state index >= 15 is 0 Å². The van der Waals surface area contributed by atoms with E-state index in [-0.39, 0.29) is 5.82 Å². The Morgan fingerprint density at radius 3 is 2.81 bits per heavy atom. The number of aromatic amines is 1. The molecule has 2 nitrogen and oxygen atoms in total. The Morgan fingerprint density at radius 1 is 1.25 bits per heavy atom. The maximum Gasteiger partial charge on any atom is 0.151 e. The number of nitrogens with one attached hydrogen (secondary N) is 1. The number of fused-ring (bicyclic) bond motifs is 1. The third-order valence-corrected chi connectivity index (χ3v) is 3.51. The van der Waals surface area contributed by atoms with E-state index in [1.807, 2.05) is 6.07 Å². The number of imidazole rings is 1. The van der Waals surface area contributed by atoms with Crippen molar-refractivity contribution in [2.24, 2.45) is 0 Å². The van der Waals surface area contributed by atoms with Crippen LogP contribution in [-0.2, 0) is 0 Å². The predicted octanol–water partition coefficient (Wildman–Crippen LogP) is 4.08. The standard InChI is InChI=1S/C11H6ClFN2S/c12-9-5-4-8(16-9)11-14-7-3-1-2-6(13)10(7)15-11/h1-5H,(H,14,15). The lowest BCUT2D eigenvalue weighted by atomic mass is 10.3. The van der Waals surface area contributed by atoms with E-state index in [1.54, 1.807) is 18.2 Å². The van der Waals surface area contributed by atoms with Gasteiger partial charge in [-0.2, -0.15) is 0 Å². The van der Waals surface area contributed by atoms with Crippen LogP contribution in [0.4, 0.5) is 4.39 Å². The summed E-state index contributed by atoms with van der Waals surface area (Å²) in [4.78, 5) is 8.19. The Kier molecular flexibility index (Phi) is 2.19. The first-order chi connectivity index (χ1) is 7.74. The molecule has 0 atom stereocenters. The van der Waals surface area contributed by atoms with Gasteiger partial charge in [-0.15, -0.1) is 11.3 Å². The molecule has 3 rings (SSSR count). The summed E-state index contributed by atoms with van der Waals surface area (Å²) in [6.45, 7) is 0. The van der Waals surface area contributed by atoms with Gasteiger partial charge in [0.15, 0.2) is 5.82 Å². The van der Waals surface area contributed by atoms with Gasteiger partial charge in [0.25, 0.3) is 0 Å².